The summed E-state index contributed by atoms with van der Waals surface area (Å²) in [5.41, 5.74) is 1.17. The molecule has 0 radical (unpaired) electrons. The molecule has 19 heavy (non-hydrogen) atoms. The van der Waals surface area contributed by atoms with E-state index in [9.17, 15) is 4.79 Å². The molecule has 0 aliphatic carbocycles. The Hall–Kier alpha value is -1.17. The number of carbonyl (C=O) groups is 1. The van der Waals surface area contributed by atoms with Gasteiger partial charge in [-0.15, -0.1) is 6.58 Å². The molecule has 0 spiro atoms. The number of nitrogens with zero attached hydrogens (tertiary/aromatic N) is 2. The van der Waals surface area contributed by atoms with Crippen LogP contribution in [0.15, 0.2) is 24.3 Å². The zero-order chi connectivity index (χ0) is 15.3. The molecule has 5 heteroatoms. The number of hydrogen-bond acceptors (Lipinski definition) is 4. The molecule has 112 valence electrons. The fourth-order valence-electron chi connectivity index (χ4n) is 1.56. The van der Waals surface area contributed by atoms with Crippen molar-refractivity contribution < 1.29 is 14.7 Å². The zero-order valence-electron chi connectivity index (χ0n) is 12.8. The topological polar surface area (TPSA) is 53.0 Å². The standard InChI is InChI=1S/C11H18N2O2.C2H6.CH4O/c1-4-7-15-13(9-14)11-8-12(3)6-5-10(11)2;2*1-2/h4-5,9,11H,1,6-8H2,2-3H3;1-2H3;2H,1H3/t11-;;/m0../s1. The minimum absolute atomic E-state index is 0.0150. The molecule has 0 unspecified atom stereocenters. The molecular formula is C14H28N2O3. The third-order valence-electron chi connectivity index (χ3n) is 2.49. The Balaban J connectivity index is 0. The predicted octanol–water partition coefficient (Wildman–Crippen LogP) is 1.46. The molecule has 1 amide bonds. The van der Waals surface area contributed by atoms with Crippen molar-refractivity contribution in [3.8, 4) is 0 Å². The third-order valence-corrected chi connectivity index (χ3v) is 2.49. The number of likely N-dealkylation sites (N-methyl/N-ethyl adjacent to an activating group) is 1. The molecule has 1 aliphatic rings. The van der Waals surface area contributed by atoms with Gasteiger partial charge in [0.05, 0.1) is 12.6 Å². The van der Waals surface area contributed by atoms with Crippen molar-refractivity contribution in [2.75, 3.05) is 33.9 Å². The van der Waals surface area contributed by atoms with E-state index in [0.29, 0.717) is 6.61 Å². The van der Waals surface area contributed by atoms with Gasteiger partial charge in [-0.3, -0.25) is 9.63 Å². The van der Waals surface area contributed by atoms with E-state index in [-0.39, 0.29) is 6.04 Å². The first kappa shape index (κ1) is 20.2. The summed E-state index contributed by atoms with van der Waals surface area (Å²) < 4.78 is 0. The monoisotopic (exact) mass is 272 g/mol. The molecule has 0 aromatic heterocycles. The van der Waals surface area contributed by atoms with Crippen LogP contribution in [0.3, 0.4) is 0 Å². The fraction of sp³-hybridized carbons (Fsp3) is 0.643. The number of aliphatic hydroxyl groups excluding tert-OH is 1. The van der Waals surface area contributed by atoms with E-state index < -0.39 is 0 Å². The van der Waals surface area contributed by atoms with E-state index in [0.717, 1.165) is 26.6 Å². The van der Waals surface area contributed by atoms with E-state index in [1.165, 1.54) is 10.6 Å². The normalized spacial score (nSPS) is 18.0. The average molecular weight is 272 g/mol. The Morgan fingerprint density at radius 1 is 1.58 bits per heavy atom. The summed E-state index contributed by atoms with van der Waals surface area (Å²) in [4.78, 5) is 18.3. The van der Waals surface area contributed by atoms with Crippen molar-refractivity contribution >= 4 is 6.41 Å². The van der Waals surface area contributed by atoms with Crippen LogP contribution in [-0.4, -0.2) is 61.4 Å². The molecule has 0 saturated heterocycles. The molecule has 1 heterocycles. The lowest BCUT2D eigenvalue weighted by atomic mass is 10.0. The molecule has 1 N–H and O–H groups in total. The SMILES string of the molecule is C=CCON(C=O)[C@H]1CN(C)CC=C1C.CC.CO. The van der Waals surface area contributed by atoms with Gasteiger partial charge in [-0.1, -0.05) is 26.0 Å². The van der Waals surface area contributed by atoms with Crippen molar-refractivity contribution in [3.63, 3.8) is 0 Å². The van der Waals surface area contributed by atoms with Crippen molar-refractivity contribution in [1.29, 1.82) is 0 Å². The second-order valence-corrected chi connectivity index (χ2v) is 3.73. The number of hydroxylamine groups is 2. The molecule has 5 nitrogen and oxygen atoms in total. The highest BCUT2D eigenvalue weighted by molar-refractivity contribution is 5.47. The summed E-state index contributed by atoms with van der Waals surface area (Å²) in [6, 6.07) is 0.0150. The minimum atomic E-state index is 0.0150. The maximum atomic E-state index is 10.9. The minimum Gasteiger partial charge on any atom is -0.400 e. The Morgan fingerprint density at radius 2 is 2.16 bits per heavy atom. The maximum absolute atomic E-state index is 10.9. The largest absolute Gasteiger partial charge is 0.400 e. The van der Waals surface area contributed by atoms with Crippen LogP contribution < -0.4 is 0 Å². The average Bonchev–Trinajstić information content (AvgIpc) is 2.47. The number of aliphatic hydroxyl groups is 1. The second kappa shape index (κ2) is 13.3. The van der Waals surface area contributed by atoms with Gasteiger partial charge in [0.2, 0.25) is 6.41 Å². The van der Waals surface area contributed by atoms with Crippen molar-refractivity contribution in [1.82, 2.24) is 9.96 Å². The molecule has 1 aliphatic heterocycles. The van der Waals surface area contributed by atoms with Crippen molar-refractivity contribution in [2.45, 2.75) is 26.8 Å². The van der Waals surface area contributed by atoms with Crippen LogP contribution in [0.4, 0.5) is 0 Å². The van der Waals surface area contributed by atoms with E-state index in [1.54, 1.807) is 6.08 Å². The van der Waals surface area contributed by atoms with E-state index in [4.69, 9.17) is 9.94 Å². The second-order valence-electron chi connectivity index (χ2n) is 3.73. The molecule has 0 aromatic rings. The Bertz CT molecular complexity index is 267. The summed E-state index contributed by atoms with van der Waals surface area (Å²) in [6.45, 7) is 11.7. The van der Waals surface area contributed by atoms with Gasteiger partial charge in [-0.2, -0.15) is 0 Å². The summed E-state index contributed by atoms with van der Waals surface area (Å²) in [6.07, 6.45) is 4.47. The summed E-state index contributed by atoms with van der Waals surface area (Å²) in [7, 11) is 3.02. The first-order valence-electron chi connectivity index (χ1n) is 6.46. The van der Waals surface area contributed by atoms with Crippen LogP contribution in [0.1, 0.15) is 20.8 Å². The zero-order valence-corrected chi connectivity index (χ0v) is 12.8. The Kier molecular flexibility index (Phi) is 14.1. The van der Waals surface area contributed by atoms with Crippen molar-refractivity contribution in [3.05, 3.63) is 24.3 Å². The molecular weight excluding hydrogens is 244 g/mol. The molecule has 0 saturated carbocycles. The van der Waals surface area contributed by atoms with Crippen LogP contribution in [0.2, 0.25) is 0 Å². The summed E-state index contributed by atoms with van der Waals surface area (Å²) in [5, 5.41) is 8.36. The van der Waals surface area contributed by atoms with Crippen LogP contribution in [0, 0.1) is 0 Å². The van der Waals surface area contributed by atoms with E-state index in [2.05, 4.69) is 17.6 Å². The van der Waals surface area contributed by atoms with E-state index >= 15 is 0 Å². The maximum Gasteiger partial charge on any atom is 0.233 e. The summed E-state index contributed by atoms with van der Waals surface area (Å²) >= 11 is 0. The van der Waals surface area contributed by atoms with Crippen LogP contribution in [0.25, 0.3) is 0 Å². The highest BCUT2D eigenvalue weighted by Crippen LogP contribution is 2.15. The van der Waals surface area contributed by atoms with Crippen LogP contribution in [-0.2, 0) is 9.63 Å². The Morgan fingerprint density at radius 3 is 2.63 bits per heavy atom. The smallest absolute Gasteiger partial charge is 0.233 e. The lowest BCUT2D eigenvalue weighted by Gasteiger charge is -2.34. The van der Waals surface area contributed by atoms with Crippen LogP contribution in [0.5, 0.6) is 0 Å². The quantitative estimate of drug-likeness (QED) is 0.468. The molecule has 0 bridgehead atoms. The lowest BCUT2D eigenvalue weighted by molar-refractivity contribution is -0.179. The van der Waals surface area contributed by atoms with Gasteiger partial charge in [-0.05, 0) is 19.5 Å². The molecule has 0 fully saturated rings. The number of hydrogen-bond donors (Lipinski definition) is 1. The lowest BCUT2D eigenvalue weighted by Crippen LogP contribution is -2.45. The number of amides is 1. The van der Waals surface area contributed by atoms with Gasteiger partial charge in [0.1, 0.15) is 0 Å². The highest BCUT2D eigenvalue weighted by atomic mass is 16.7. The number of rotatable bonds is 5. The first-order chi connectivity index (χ1) is 9.19. The van der Waals surface area contributed by atoms with Gasteiger partial charge < -0.3 is 10.0 Å². The Labute approximate surface area is 117 Å². The van der Waals surface area contributed by atoms with Gasteiger partial charge in [0.15, 0.2) is 0 Å². The highest BCUT2D eigenvalue weighted by Gasteiger charge is 2.24. The van der Waals surface area contributed by atoms with Gasteiger partial charge in [-0.25, -0.2) is 5.06 Å². The molecule has 0 aromatic carbocycles. The van der Waals surface area contributed by atoms with Gasteiger partial charge in [0, 0.05) is 20.2 Å². The predicted molar refractivity (Wildman–Crippen MR) is 78.6 cm³/mol. The number of carbonyl (C=O) groups excluding carboxylic acids is 1. The van der Waals surface area contributed by atoms with Crippen LogP contribution >= 0.6 is 0 Å². The van der Waals surface area contributed by atoms with Crippen molar-refractivity contribution in [2.24, 2.45) is 0 Å². The van der Waals surface area contributed by atoms with E-state index in [1.807, 2.05) is 27.8 Å². The third kappa shape index (κ3) is 7.77. The summed E-state index contributed by atoms with van der Waals surface area (Å²) in [5.74, 6) is 0. The van der Waals surface area contributed by atoms with Gasteiger partial charge >= 0.3 is 0 Å². The first-order valence-corrected chi connectivity index (χ1v) is 6.46. The molecule has 1 atom stereocenters. The fourth-order valence-corrected chi connectivity index (χ4v) is 1.56. The van der Waals surface area contributed by atoms with Gasteiger partial charge in [0.25, 0.3) is 0 Å². The molecule has 1 rings (SSSR count).